The number of phenols is 1. The van der Waals surface area contributed by atoms with Crippen LogP contribution in [0.5, 0.6) is 5.75 Å². The predicted octanol–water partition coefficient (Wildman–Crippen LogP) is 2.39. The maximum Gasteiger partial charge on any atom is 0.267 e. The number of amides is 1. The van der Waals surface area contributed by atoms with Gasteiger partial charge in [0.25, 0.3) is 5.56 Å². The summed E-state index contributed by atoms with van der Waals surface area (Å²) in [5.41, 5.74) is 1.05. The van der Waals surface area contributed by atoms with Crippen molar-refractivity contribution < 1.29 is 14.3 Å². The number of benzene rings is 2. The van der Waals surface area contributed by atoms with E-state index in [4.69, 9.17) is 0 Å². The van der Waals surface area contributed by atoms with E-state index < -0.39 is 11.5 Å². The highest BCUT2D eigenvalue weighted by Gasteiger charge is 2.09. The summed E-state index contributed by atoms with van der Waals surface area (Å²) in [6.45, 7) is -0.288. The van der Waals surface area contributed by atoms with Crippen molar-refractivity contribution in [3.63, 3.8) is 0 Å². The number of phenolic OH excluding ortho intramolecular Hbond substituents is 1. The van der Waals surface area contributed by atoms with E-state index in [0.717, 1.165) is 4.68 Å². The molecule has 0 saturated heterocycles. The smallest absolute Gasteiger partial charge is 0.267 e. The van der Waals surface area contributed by atoms with Crippen LogP contribution in [0.4, 0.5) is 10.1 Å². The Bertz CT molecular complexity index is 968. The molecule has 126 valence electrons. The molecule has 2 aromatic carbocycles. The molecule has 0 atom stereocenters. The molecule has 1 heterocycles. The molecule has 0 saturated carbocycles. The third-order valence-electron chi connectivity index (χ3n) is 3.43. The number of carbonyl (C=O) groups excluding carboxylic acids is 1. The lowest BCUT2D eigenvalue weighted by atomic mass is 10.1. The van der Waals surface area contributed by atoms with Gasteiger partial charge in [-0.25, -0.2) is 9.07 Å². The average Bonchev–Trinajstić information content (AvgIpc) is 2.57. The van der Waals surface area contributed by atoms with Crippen LogP contribution in [0, 0.1) is 5.82 Å². The van der Waals surface area contributed by atoms with E-state index in [2.05, 4.69) is 10.4 Å². The first kappa shape index (κ1) is 16.4. The molecule has 0 bridgehead atoms. The zero-order valence-electron chi connectivity index (χ0n) is 13.0. The fourth-order valence-electron chi connectivity index (χ4n) is 2.26. The quantitative estimate of drug-likeness (QED) is 0.764. The van der Waals surface area contributed by atoms with Crippen molar-refractivity contribution in [3.8, 4) is 17.0 Å². The van der Waals surface area contributed by atoms with Crippen LogP contribution in [0.3, 0.4) is 0 Å². The standard InChI is InChI=1S/C18H14FN3O3/c19-13-6-4-12(5-7-13)16-8-9-18(25)22(21-16)11-17(24)20-14-2-1-3-15(23)10-14/h1-10,23H,11H2,(H,20,24). The molecule has 0 unspecified atom stereocenters. The Morgan fingerprint density at radius 2 is 1.88 bits per heavy atom. The van der Waals surface area contributed by atoms with Crippen LogP contribution < -0.4 is 10.9 Å². The normalized spacial score (nSPS) is 10.4. The minimum Gasteiger partial charge on any atom is -0.508 e. The van der Waals surface area contributed by atoms with E-state index >= 15 is 0 Å². The van der Waals surface area contributed by atoms with E-state index in [9.17, 15) is 19.1 Å². The first-order chi connectivity index (χ1) is 12.0. The Morgan fingerprint density at radius 1 is 1.12 bits per heavy atom. The molecule has 7 heteroatoms. The largest absolute Gasteiger partial charge is 0.508 e. The van der Waals surface area contributed by atoms with Gasteiger partial charge in [0.05, 0.1) is 5.69 Å². The summed E-state index contributed by atoms with van der Waals surface area (Å²) in [5, 5.41) is 16.1. The molecule has 3 rings (SSSR count). The fourth-order valence-corrected chi connectivity index (χ4v) is 2.26. The van der Waals surface area contributed by atoms with Crippen molar-refractivity contribution in [3.05, 3.63) is 76.8 Å². The van der Waals surface area contributed by atoms with Gasteiger partial charge >= 0.3 is 0 Å². The zero-order valence-corrected chi connectivity index (χ0v) is 13.0. The van der Waals surface area contributed by atoms with Crippen LogP contribution in [0.2, 0.25) is 0 Å². The van der Waals surface area contributed by atoms with Gasteiger partial charge in [0, 0.05) is 23.4 Å². The second kappa shape index (κ2) is 6.96. The van der Waals surface area contributed by atoms with Gasteiger partial charge in [-0.05, 0) is 42.5 Å². The van der Waals surface area contributed by atoms with Crippen molar-refractivity contribution in [2.75, 3.05) is 5.32 Å². The predicted molar refractivity (Wildman–Crippen MR) is 90.6 cm³/mol. The molecule has 25 heavy (non-hydrogen) atoms. The highest BCUT2D eigenvalue weighted by molar-refractivity contribution is 5.90. The van der Waals surface area contributed by atoms with Gasteiger partial charge < -0.3 is 10.4 Å². The molecule has 0 aliphatic carbocycles. The van der Waals surface area contributed by atoms with Gasteiger partial charge in [-0.3, -0.25) is 9.59 Å². The molecule has 1 aromatic heterocycles. The van der Waals surface area contributed by atoms with Crippen molar-refractivity contribution in [2.45, 2.75) is 6.54 Å². The summed E-state index contributed by atoms with van der Waals surface area (Å²) in [6.07, 6.45) is 0. The van der Waals surface area contributed by atoms with E-state index in [1.165, 1.54) is 36.4 Å². The monoisotopic (exact) mass is 339 g/mol. The molecular formula is C18H14FN3O3. The molecule has 0 fully saturated rings. The molecule has 0 aliphatic heterocycles. The number of nitrogens with zero attached hydrogens (tertiary/aromatic N) is 2. The zero-order chi connectivity index (χ0) is 17.8. The lowest BCUT2D eigenvalue weighted by Crippen LogP contribution is -2.29. The molecular weight excluding hydrogens is 325 g/mol. The molecule has 0 radical (unpaired) electrons. The Kier molecular flexibility index (Phi) is 4.56. The number of aromatic nitrogens is 2. The van der Waals surface area contributed by atoms with Crippen LogP contribution in [0.1, 0.15) is 0 Å². The number of nitrogens with one attached hydrogen (secondary N) is 1. The molecule has 0 spiro atoms. The van der Waals surface area contributed by atoms with Crippen molar-refractivity contribution in [1.29, 1.82) is 0 Å². The maximum atomic E-state index is 13.0. The van der Waals surface area contributed by atoms with Gasteiger partial charge in [-0.15, -0.1) is 0 Å². The summed E-state index contributed by atoms with van der Waals surface area (Å²) in [5.74, 6) is -0.814. The summed E-state index contributed by atoms with van der Waals surface area (Å²) in [7, 11) is 0. The minimum atomic E-state index is -0.462. The number of carbonyl (C=O) groups is 1. The van der Waals surface area contributed by atoms with Crippen LogP contribution in [-0.4, -0.2) is 20.8 Å². The Hall–Kier alpha value is -3.48. The third-order valence-corrected chi connectivity index (χ3v) is 3.43. The Balaban J connectivity index is 1.80. The maximum absolute atomic E-state index is 13.0. The summed E-state index contributed by atoms with van der Waals surface area (Å²) in [6, 6.07) is 14.6. The van der Waals surface area contributed by atoms with Crippen LogP contribution >= 0.6 is 0 Å². The molecule has 2 N–H and O–H groups in total. The molecule has 1 amide bonds. The molecule has 0 aliphatic rings. The number of halogens is 1. The van der Waals surface area contributed by atoms with E-state index in [0.29, 0.717) is 16.9 Å². The molecule has 3 aromatic rings. The van der Waals surface area contributed by atoms with Gasteiger partial charge in [0.2, 0.25) is 5.91 Å². The number of rotatable bonds is 4. The van der Waals surface area contributed by atoms with E-state index in [1.54, 1.807) is 24.3 Å². The third kappa shape index (κ3) is 4.08. The highest BCUT2D eigenvalue weighted by atomic mass is 19.1. The number of aromatic hydroxyl groups is 1. The van der Waals surface area contributed by atoms with Crippen molar-refractivity contribution >= 4 is 11.6 Å². The number of hydrogen-bond acceptors (Lipinski definition) is 4. The first-order valence-corrected chi connectivity index (χ1v) is 7.44. The summed E-state index contributed by atoms with van der Waals surface area (Å²) < 4.78 is 14.0. The first-order valence-electron chi connectivity index (χ1n) is 7.44. The lowest BCUT2D eigenvalue weighted by molar-refractivity contribution is -0.117. The topological polar surface area (TPSA) is 84.2 Å². The van der Waals surface area contributed by atoms with Gasteiger partial charge in [-0.1, -0.05) is 6.07 Å². The van der Waals surface area contributed by atoms with Crippen molar-refractivity contribution in [1.82, 2.24) is 9.78 Å². The van der Waals surface area contributed by atoms with E-state index in [1.807, 2.05) is 0 Å². The average molecular weight is 339 g/mol. The SMILES string of the molecule is O=C(Cn1nc(-c2ccc(F)cc2)ccc1=O)Nc1cccc(O)c1. The lowest BCUT2D eigenvalue weighted by Gasteiger charge is -2.08. The van der Waals surface area contributed by atoms with Crippen molar-refractivity contribution in [2.24, 2.45) is 0 Å². The second-order valence-electron chi connectivity index (χ2n) is 5.32. The van der Waals surface area contributed by atoms with Crippen LogP contribution in [-0.2, 0) is 11.3 Å². The van der Waals surface area contributed by atoms with Crippen LogP contribution in [0.25, 0.3) is 11.3 Å². The Labute approximate surface area is 142 Å². The minimum absolute atomic E-state index is 0.0198. The number of anilines is 1. The second-order valence-corrected chi connectivity index (χ2v) is 5.32. The summed E-state index contributed by atoms with van der Waals surface area (Å²) >= 11 is 0. The Morgan fingerprint density at radius 3 is 2.60 bits per heavy atom. The summed E-state index contributed by atoms with van der Waals surface area (Å²) in [4.78, 5) is 24.0. The fraction of sp³-hybridized carbons (Fsp3) is 0.0556. The van der Waals surface area contributed by atoms with Gasteiger partial charge in [-0.2, -0.15) is 5.10 Å². The highest BCUT2D eigenvalue weighted by Crippen LogP contribution is 2.16. The van der Waals surface area contributed by atoms with Gasteiger partial charge in [0.15, 0.2) is 0 Å². The van der Waals surface area contributed by atoms with Gasteiger partial charge in [0.1, 0.15) is 18.1 Å². The van der Waals surface area contributed by atoms with Crippen LogP contribution in [0.15, 0.2) is 65.5 Å². The van der Waals surface area contributed by atoms with E-state index in [-0.39, 0.29) is 18.1 Å². The number of hydrogen-bond donors (Lipinski definition) is 2. The molecule has 6 nitrogen and oxygen atoms in total.